The molecule has 0 saturated carbocycles. The van der Waals surface area contributed by atoms with Gasteiger partial charge in [-0.3, -0.25) is 0 Å². The third-order valence-corrected chi connectivity index (χ3v) is 5.56. The van der Waals surface area contributed by atoms with Crippen LogP contribution >= 0.6 is 11.6 Å². The van der Waals surface area contributed by atoms with Gasteiger partial charge in [-0.25, -0.2) is 4.98 Å². The molecule has 0 atom stereocenters. The minimum Gasteiger partial charge on any atom is -0.494 e. The Hall–Kier alpha value is -2.78. The summed E-state index contributed by atoms with van der Waals surface area (Å²) in [7, 11) is 0. The van der Waals surface area contributed by atoms with E-state index in [2.05, 4.69) is 53.1 Å². The SMILES string of the molecule is Cc1cc(OCCCn2c(CCc3ccccc3)nc3ccccc32)ccc1Cl. The van der Waals surface area contributed by atoms with E-state index in [9.17, 15) is 0 Å². The predicted molar refractivity (Wildman–Crippen MR) is 120 cm³/mol. The monoisotopic (exact) mass is 404 g/mol. The van der Waals surface area contributed by atoms with Crippen molar-refractivity contribution in [3.63, 3.8) is 0 Å². The average Bonchev–Trinajstić information content (AvgIpc) is 3.10. The zero-order valence-corrected chi connectivity index (χ0v) is 17.4. The fourth-order valence-electron chi connectivity index (χ4n) is 3.59. The lowest BCUT2D eigenvalue weighted by Crippen LogP contribution is -2.09. The molecule has 4 aromatic rings. The molecular weight excluding hydrogens is 380 g/mol. The lowest BCUT2D eigenvalue weighted by molar-refractivity contribution is 0.301. The Bertz CT molecular complexity index is 1090. The van der Waals surface area contributed by atoms with Gasteiger partial charge in [0.05, 0.1) is 17.6 Å². The summed E-state index contributed by atoms with van der Waals surface area (Å²) in [4.78, 5) is 4.89. The molecule has 148 valence electrons. The number of aromatic nitrogens is 2. The van der Waals surface area contributed by atoms with Crippen molar-refractivity contribution in [3.8, 4) is 5.75 Å². The number of fused-ring (bicyclic) bond motifs is 1. The van der Waals surface area contributed by atoms with E-state index in [4.69, 9.17) is 21.3 Å². The molecule has 4 rings (SSSR count). The van der Waals surface area contributed by atoms with Gasteiger partial charge in [0.1, 0.15) is 11.6 Å². The summed E-state index contributed by atoms with van der Waals surface area (Å²) in [6.45, 7) is 3.54. The highest BCUT2D eigenvalue weighted by Gasteiger charge is 2.10. The van der Waals surface area contributed by atoms with E-state index in [1.807, 2.05) is 31.2 Å². The zero-order valence-electron chi connectivity index (χ0n) is 16.6. The largest absolute Gasteiger partial charge is 0.494 e. The molecule has 0 unspecified atom stereocenters. The van der Waals surface area contributed by atoms with Crippen LogP contribution in [0.2, 0.25) is 5.02 Å². The third-order valence-electron chi connectivity index (χ3n) is 5.14. The molecule has 3 aromatic carbocycles. The Balaban J connectivity index is 1.43. The number of hydrogen-bond donors (Lipinski definition) is 0. The standard InChI is InChI=1S/C25H25ClN2O/c1-19-18-21(13-14-22(19)26)29-17-7-16-28-24-11-6-5-10-23(24)27-25(28)15-12-20-8-3-2-4-9-20/h2-6,8-11,13-14,18H,7,12,15-17H2,1H3. The molecule has 0 bridgehead atoms. The van der Waals surface area contributed by atoms with Gasteiger partial charge in [-0.2, -0.15) is 0 Å². The fraction of sp³-hybridized carbons (Fsp3) is 0.240. The molecule has 0 radical (unpaired) electrons. The Kier molecular flexibility index (Phi) is 6.16. The normalized spacial score (nSPS) is 11.1. The Labute approximate surface area is 176 Å². The van der Waals surface area contributed by atoms with Gasteiger partial charge >= 0.3 is 0 Å². The van der Waals surface area contributed by atoms with E-state index in [1.54, 1.807) is 0 Å². The van der Waals surface area contributed by atoms with Gasteiger partial charge in [-0.05, 0) is 61.2 Å². The highest BCUT2D eigenvalue weighted by molar-refractivity contribution is 6.31. The maximum atomic E-state index is 6.09. The smallest absolute Gasteiger partial charge is 0.119 e. The number of halogens is 1. The minimum atomic E-state index is 0.658. The van der Waals surface area contributed by atoms with Crippen molar-refractivity contribution in [2.75, 3.05) is 6.61 Å². The molecule has 4 heteroatoms. The van der Waals surface area contributed by atoms with Crippen LogP contribution in [-0.2, 0) is 19.4 Å². The van der Waals surface area contributed by atoms with Crippen LogP contribution in [0.25, 0.3) is 11.0 Å². The second-order valence-corrected chi connectivity index (χ2v) is 7.67. The second-order valence-electron chi connectivity index (χ2n) is 7.27. The Morgan fingerprint density at radius 1 is 0.931 bits per heavy atom. The van der Waals surface area contributed by atoms with Crippen LogP contribution in [0.1, 0.15) is 23.4 Å². The van der Waals surface area contributed by atoms with Crippen LogP contribution in [0.3, 0.4) is 0 Å². The van der Waals surface area contributed by atoms with Gasteiger partial charge in [-0.1, -0.05) is 54.1 Å². The molecule has 0 N–H and O–H groups in total. The first-order valence-corrected chi connectivity index (χ1v) is 10.5. The highest BCUT2D eigenvalue weighted by Crippen LogP contribution is 2.22. The molecule has 0 aliphatic heterocycles. The third kappa shape index (κ3) is 4.80. The zero-order chi connectivity index (χ0) is 20.1. The van der Waals surface area contributed by atoms with Gasteiger partial charge in [0.25, 0.3) is 0 Å². The second kappa shape index (κ2) is 9.15. The summed E-state index contributed by atoms with van der Waals surface area (Å²) in [6.07, 6.45) is 2.83. The van der Waals surface area contributed by atoms with Crippen LogP contribution < -0.4 is 4.74 Å². The molecule has 29 heavy (non-hydrogen) atoms. The van der Waals surface area contributed by atoms with Crippen molar-refractivity contribution >= 4 is 22.6 Å². The molecule has 1 aromatic heterocycles. The van der Waals surface area contributed by atoms with Gasteiger partial charge in [0, 0.05) is 18.0 Å². The van der Waals surface area contributed by atoms with E-state index >= 15 is 0 Å². The number of nitrogens with zero attached hydrogens (tertiary/aromatic N) is 2. The van der Waals surface area contributed by atoms with Crippen molar-refractivity contribution in [1.82, 2.24) is 9.55 Å². The molecule has 0 aliphatic rings. The summed E-state index contributed by atoms with van der Waals surface area (Å²) < 4.78 is 8.27. The molecule has 0 fully saturated rings. The summed E-state index contributed by atoms with van der Waals surface area (Å²) in [5.41, 5.74) is 4.63. The number of hydrogen-bond acceptors (Lipinski definition) is 2. The quantitative estimate of drug-likeness (QED) is 0.324. The van der Waals surface area contributed by atoms with Gasteiger partial charge < -0.3 is 9.30 Å². The number of para-hydroxylation sites is 2. The lowest BCUT2D eigenvalue weighted by atomic mass is 10.1. The van der Waals surface area contributed by atoms with E-state index in [0.29, 0.717) is 6.61 Å². The minimum absolute atomic E-state index is 0.658. The van der Waals surface area contributed by atoms with E-state index < -0.39 is 0 Å². The number of rotatable bonds is 8. The Morgan fingerprint density at radius 3 is 2.55 bits per heavy atom. The topological polar surface area (TPSA) is 27.1 Å². The number of benzene rings is 3. The molecule has 0 amide bonds. The maximum Gasteiger partial charge on any atom is 0.119 e. The summed E-state index contributed by atoms with van der Waals surface area (Å²) in [6, 6.07) is 24.8. The van der Waals surface area contributed by atoms with Crippen molar-refractivity contribution < 1.29 is 4.74 Å². The predicted octanol–water partition coefficient (Wildman–Crippen LogP) is 6.25. The van der Waals surface area contributed by atoms with E-state index in [-0.39, 0.29) is 0 Å². The fourth-order valence-corrected chi connectivity index (χ4v) is 3.70. The first-order valence-electron chi connectivity index (χ1n) is 10.1. The maximum absolute atomic E-state index is 6.09. The number of imidazole rings is 1. The molecule has 0 saturated heterocycles. The number of aryl methyl sites for hydroxylation is 4. The number of ether oxygens (including phenoxy) is 1. The first kappa shape index (κ1) is 19.5. The first-order chi connectivity index (χ1) is 14.2. The summed E-state index contributed by atoms with van der Waals surface area (Å²) in [5.74, 6) is 2.00. The molecule has 3 nitrogen and oxygen atoms in total. The average molecular weight is 405 g/mol. The van der Waals surface area contributed by atoms with Crippen LogP contribution in [-0.4, -0.2) is 16.2 Å². The molecule has 0 spiro atoms. The van der Waals surface area contributed by atoms with Crippen molar-refractivity contribution in [3.05, 3.63) is 94.8 Å². The Morgan fingerprint density at radius 2 is 1.72 bits per heavy atom. The van der Waals surface area contributed by atoms with Crippen molar-refractivity contribution in [1.29, 1.82) is 0 Å². The van der Waals surface area contributed by atoms with Crippen LogP contribution in [0, 0.1) is 6.92 Å². The van der Waals surface area contributed by atoms with Gasteiger partial charge in [0.2, 0.25) is 0 Å². The lowest BCUT2D eigenvalue weighted by Gasteiger charge is -2.11. The summed E-state index contributed by atoms with van der Waals surface area (Å²) >= 11 is 6.09. The van der Waals surface area contributed by atoms with Crippen LogP contribution in [0.5, 0.6) is 5.75 Å². The van der Waals surface area contributed by atoms with Crippen LogP contribution in [0.4, 0.5) is 0 Å². The van der Waals surface area contributed by atoms with E-state index in [0.717, 1.165) is 53.5 Å². The van der Waals surface area contributed by atoms with Crippen molar-refractivity contribution in [2.45, 2.75) is 32.7 Å². The molecular formula is C25H25ClN2O. The van der Waals surface area contributed by atoms with E-state index in [1.165, 1.54) is 11.1 Å². The van der Waals surface area contributed by atoms with Crippen LogP contribution in [0.15, 0.2) is 72.8 Å². The van der Waals surface area contributed by atoms with Gasteiger partial charge in [-0.15, -0.1) is 0 Å². The molecule has 0 aliphatic carbocycles. The summed E-state index contributed by atoms with van der Waals surface area (Å²) in [5, 5.41) is 0.769. The van der Waals surface area contributed by atoms with Gasteiger partial charge in [0.15, 0.2) is 0 Å². The molecule has 1 heterocycles. The highest BCUT2D eigenvalue weighted by atomic mass is 35.5. The van der Waals surface area contributed by atoms with Crippen molar-refractivity contribution in [2.24, 2.45) is 0 Å².